The number of carbonyl (C=O) groups is 1. The summed E-state index contributed by atoms with van der Waals surface area (Å²) in [5.41, 5.74) is 0.289. The van der Waals surface area contributed by atoms with E-state index in [1.165, 1.54) is 24.9 Å². The van der Waals surface area contributed by atoms with Crippen molar-refractivity contribution in [3.63, 3.8) is 0 Å². The molecule has 0 rings (SSSR count). The second kappa shape index (κ2) is 6.08. The Labute approximate surface area is 88.3 Å². The standard InChI is InChI=1S/C8H14O4S2/c1-7(8(9)10)3-4-13-5-6-14(2,11)12/h3H,4-6H2,1-2H3,(H,9,10). The van der Waals surface area contributed by atoms with E-state index < -0.39 is 15.8 Å². The predicted octanol–water partition coefficient (Wildman–Crippen LogP) is 0.795. The summed E-state index contributed by atoms with van der Waals surface area (Å²) >= 11 is 1.41. The van der Waals surface area contributed by atoms with Gasteiger partial charge in [-0.05, 0) is 6.92 Å². The molecule has 0 bridgehead atoms. The number of carboxylic acid groups (broad SMARTS) is 1. The number of aliphatic carboxylic acids is 1. The summed E-state index contributed by atoms with van der Waals surface area (Å²) in [6, 6.07) is 0. The number of hydrogen-bond donors (Lipinski definition) is 1. The van der Waals surface area contributed by atoms with Crippen LogP contribution in [0.4, 0.5) is 0 Å². The van der Waals surface area contributed by atoms with Gasteiger partial charge in [-0.25, -0.2) is 13.2 Å². The van der Waals surface area contributed by atoms with E-state index >= 15 is 0 Å². The Bertz CT molecular complexity index is 316. The van der Waals surface area contributed by atoms with E-state index in [-0.39, 0.29) is 11.3 Å². The van der Waals surface area contributed by atoms with Gasteiger partial charge in [0.25, 0.3) is 0 Å². The van der Waals surface area contributed by atoms with Gasteiger partial charge in [0.15, 0.2) is 0 Å². The first kappa shape index (κ1) is 13.5. The van der Waals surface area contributed by atoms with Crippen molar-refractivity contribution in [1.29, 1.82) is 0 Å². The highest BCUT2D eigenvalue weighted by Gasteiger charge is 2.01. The molecular formula is C8H14O4S2. The molecule has 6 heteroatoms. The van der Waals surface area contributed by atoms with Crippen molar-refractivity contribution in [3.05, 3.63) is 11.6 Å². The van der Waals surface area contributed by atoms with Gasteiger partial charge >= 0.3 is 5.97 Å². The molecule has 0 aliphatic heterocycles. The molecule has 0 heterocycles. The van der Waals surface area contributed by atoms with Crippen LogP contribution in [0.1, 0.15) is 6.92 Å². The maximum absolute atomic E-state index is 10.7. The third kappa shape index (κ3) is 8.12. The second-order valence-corrected chi connectivity index (χ2v) is 6.31. The summed E-state index contributed by atoms with van der Waals surface area (Å²) in [4.78, 5) is 10.3. The highest BCUT2D eigenvalue weighted by molar-refractivity contribution is 8.00. The summed E-state index contributed by atoms with van der Waals surface area (Å²) in [5, 5.41) is 8.49. The van der Waals surface area contributed by atoms with Gasteiger partial charge in [0, 0.05) is 23.3 Å². The summed E-state index contributed by atoms with van der Waals surface area (Å²) in [7, 11) is -2.90. The molecule has 0 aromatic heterocycles. The average molecular weight is 238 g/mol. The minimum Gasteiger partial charge on any atom is -0.478 e. The maximum atomic E-state index is 10.7. The zero-order valence-electron chi connectivity index (χ0n) is 8.19. The lowest BCUT2D eigenvalue weighted by Gasteiger charge is -1.97. The van der Waals surface area contributed by atoms with E-state index in [0.29, 0.717) is 11.5 Å². The lowest BCUT2D eigenvalue weighted by molar-refractivity contribution is -0.132. The molecule has 14 heavy (non-hydrogen) atoms. The number of thioether (sulfide) groups is 1. The molecule has 82 valence electrons. The number of carboxylic acids is 1. The zero-order chi connectivity index (χ0) is 11.2. The topological polar surface area (TPSA) is 71.4 Å². The highest BCUT2D eigenvalue weighted by atomic mass is 32.2. The average Bonchev–Trinajstić information content (AvgIpc) is 2.01. The number of rotatable bonds is 6. The van der Waals surface area contributed by atoms with Gasteiger partial charge < -0.3 is 5.11 Å². The molecule has 0 aromatic carbocycles. The Morgan fingerprint density at radius 2 is 2.07 bits per heavy atom. The molecule has 0 aliphatic carbocycles. The smallest absolute Gasteiger partial charge is 0.330 e. The predicted molar refractivity (Wildman–Crippen MR) is 58.4 cm³/mol. The van der Waals surface area contributed by atoms with E-state index in [4.69, 9.17) is 5.11 Å². The molecule has 0 saturated heterocycles. The van der Waals surface area contributed by atoms with Crippen LogP contribution in [-0.4, -0.2) is 43.0 Å². The summed E-state index contributed by atoms with van der Waals surface area (Å²) in [6.45, 7) is 1.51. The molecule has 0 atom stereocenters. The zero-order valence-corrected chi connectivity index (χ0v) is 9.82. The third-order valence-corrected chi connectivity index (χ3v) is 3.54. The normalized spacial score (nSPS) is 12.9. The number of sulfone groups is 1. The lowest BCUT2D eigenvalue weighted by Crippen LogP contribution is -2.05. The van der Waals surface area contributed by atoms with Crippen LogP contribution >= 0.6 is 11.8 Å². The molecule has 0 saturated carbocycles. The minimum absolute atomic E-state index is 0.137. The van der Waals surface area contributed by atoms with E-state index in [9.17, 15) is 13.2 Å². The Hall–Kier alpha value is -0.490. The van der Waals surface area contributed by atoms with E-state index in [0.717, 1.165) is 0 Å². The van der Waals surface area contributed by atoms with Crippen molar-refractivity contribution in [2.75, 3.05) is 23.5 Å². The fraction of sp³-hybridized carbons (Fsp3) is 0.625. The summed E-state index contributed by atoms with van der Waals surface area (Å²) < 4.78 is 21.4. The van der Waals surface area contributed by atoms with E-state index in [2.05, 4.69) is 0 Å². The van der Waals surface area contributed by atoms with Crippen LogP contribution in [0.3, 0.4) is 0 Å². The summed E-state index contributed by atoms with van der Waals surface area (Å²) in [6.07, 6.45) is 2.77. The Morgan fingerprint density at radius 1 is 1.50 bits per heavy atom. The molecule has 0 radical (unpaired) electrons. The summed E-state index contributed by atoms with van der Waals surface area (Å²) in [5.74, 6) is 0.238. The van der Waals surface area contributed by atoms with Crippen molar-refractivity contribution < 1.29 is 18.3 Å². The lowest BCUT2D eigenvalue weighted by atomic mass is 10.3. The van der Waals surface area contributed by atoms with Gasteiger partial charge in [0.1, 0.15) is 9.84 Å². The van der Waals surface area contributed by atoms with Crippen molar-refractivity contribution in [1.82, 2.24) is 0 Å². The Morgan fingerprint density at radius 3 is 2.50 bits per heavy atom. The molecular weight excluding hydrogens is 224 g/mol. The molecule has 1 N–H and O–H groups in total. The van der Waals surface area contributed by atoms with Crippen LogP contribution in [-0.2, 0) is 14.6 Å². The fourth-order valence-electron chi connectivity index (χ4n) is 0.565. The van der Waals surface area contributed by atoms with Crippen molar-refractivity contribution >= 4 is 27.6 Å². The first-order valence-corrected chi connectivity index (χ1v) is 7.20. The van der Waals surface area contributed by atoms with Crippen LogP contribution in [0.2, 0.25) is 0 Å². The van der Waals surface area contributed by atoms with Gasteiger partial charge in [-0.15, -0.1) is 0 Å². The molecule has 0 amide bonds. The number of hydrogen-bond acceptors (Lipinski definition) is 4. The fourth-order valence-corrected chi connectivity index (χ4v) is 2.78. The van der Waals surface area contributed by atoms with Gasteiger partial charge in [0.05, 0.1) is 5.75 Å². The third-order valence-electron chi connectivity index (χ3n) is 1.44. The van der Waals surface area contributed by atoms with Crippen LogP contribution < -0.4 is 0 Å². The second-order valence-electron chi connectivity index (χ2n) is 2.90. The SMILES string of the molecule is CC(=CCSCCS(C)(=O)=O)C(=O)O. The van der Waals surface area contributed by atoms with Gasteiger partial charge in [-0.2, -0.15) is 11.8 Å². The van der Waals surface area contributed by atoms with Crippen LogP contribution in [0.25, 0.3) is 0 Å². The van der Waals surface area contributed by atoms with E-state index in [1.54, 1.807) is 6.08 Å². The van der Waals surface area contributed by atoms with Crippen molar-refractivity contribution in [3.8, 4) is 0 Å². The maximum Gasteiger partial charge on any atom is 0.330 e. The molecule has 0 spiro atoms. The molecule has 0 aromatic rings. The Balaban J connectivity index is 3.67. The first-order valence-electron chi connectivity index (χ1n) is 3.98. The van der Waals surface area contributed by atoms with Crippen LogP contribution in [0.15, 0.2) is 11.6 Å². The van der Waals surface area contributed by atoms with Crippen molar-refractivity contribution in [2.45, 2.75) is 6.92 Å². The van der Waals surface area contributed by atoms with E-state index in [1.807, 2.05) is 0 Å². The van der Waals surface area contributed by atoms with Crippen molar-refractivity contribution in [2.24, 2.45) is 0 Å². The molecule has 0 fully saturated rings. The monoisotopic (exact) mass is 238 g/mol. The minimum atomic E-state index is -2.90. The molecule has 4 nitrogen and oxygen atoms in total. The quantitative estimate of drug-likeness (QED) is 0.547. The largest absolute Gasteiger partial charge is 0.478 e. The molecule has 0 unspecified atom stereocenters. The molecule has 0 aliphatic rings. The first-order chi connectivity index (χ1) is 6.33. The van der Waals surface area contributed by atoms with Gasteiger partial charge in [0.2, 0.25) is 0 Å². The highest BCUT2D eigenvalue weighted by Crippen LogP contribution is 2.04. The van der Waals surface area contributed by atoms with Crippen LogP contribution in [0.5, 0.6) is 0 Å². The van der Waals surface area contributed by atoms with Crippen LogP contribution in [0, 0.1) is 0 Å². The van der Waals surface area contributed by atoms with Gasteiger partial charge in [-0.1, -0.05) is 6.08 Å². The van der Waals surface area contributed by atoms with Gasteiger partial charge in [-0.3, -0.25) is 0 Å². The Kier molecular flexibility index (Phi) is 5.87.